The highest BCUT2D eigenvalue weighted by atomic mass is 16.2. The number of nitrogens with zero attached hydrogens (tertiary/aromatic N) is 4. The Bertz CT molecular complexity index is 950. The van der Waals surface area contributed by atoms with Crippen molar-refractivity contribution in [2.45, 2.75) is 6.92 Å². The fourth-order valence-corrected chi connectivity index (χ4v) is 2.79. The Hall–Kier alpha value is -2.93. The zero-order valence-electron chi connectivity index (χ0n) is 12.4. The third-order valence-corrected chi connectivity index (χ3v) is 3.95. The Balaban J connectivity index is 1.84. The lowest BCUT2D eigenvalue weighted by Gasteiger charge is -2.24. The molecule has 0 spiro atoms. The lowest BCUT2D eigenvalue weighted by Crippen LogP contribution is -2.51. The Morgan fingerprint density at radius 2 is 2.04 bits per heavy atom. The molecule has 1 N–H and O–H groups in total. The number of amides is 1. The Morgan fingerprint density at radius 1 is 1.22 bits per heavy atom. The van der Waals surface area contributed by atoms with Crippen LogP contribution in [0.5, 0.6) is 0 Å². The summed E-state index contributed by atoms with van der Waals surface area (Å²) >= 11 is 0. The Labute approximate surface area is 132 Å². The molecule has 0 unspecified atom stereocenters. The first kappa shape index (κ1) is 13.7. The van der Waals surface area contributed by atoms with E-state index in [4.69, 9.17) is 0 Å². The first-order valence-corrected chi connectivity index (χ1v) is 7.24. The maximum Gasteiger partial charge on any atom is 0.474 e. The zero-order chi connectivity index (χ0) is 16.0. The van der Waals surface area contributed by atoms with E-state index in [1.54, 1.807) is 12.4 Å². The number of hydrogen-bond acceptors (Lipinski definition) is 4. The van der Waals surface area contributed by atoms with Gasteiger partial charge in [0.25, 0.3) is 0 Å². The summed E-state index contributed by atoms with van der Waals surface area (Å²) in [5, 5.41) is 19.8. The molecular formula is C16H13BN4O2. The van der Waals surface area contributed by atoms with Crippen molar-refractivity contribution >= 4 is 35.5 Å². The number of benzene rings is 2. The fourth-order valence-electron chi connectivity index (χ4n) is 2.79. The van der Waals surface area contributed by atoms with Crippen LogP contribution in [0.1, 0.15) is 12.5 Å². The number of aromatic nitrogens is 2. The number of hydrogen-bond donors (Lipinski definition) is 1. The van der Waals surface area contributed by atoms with Crippen molar-refractivity contribution in [3.63, 3.8) is 0 Å². The van der Waals surface area contributed by atoms with E-state index in [9.17, 15) is 9.82 Å². The summed E-state index contributed by atoms with van der Waals surface area (Å²) in [6.45, 7) is 1.37. The average molecular weight is 304 g/mol. The SMILES string of the molecule is CC(=O)N1N=Cc2ccc(-n3ncc4ccccc43)cc2B1O. The van der Waals surface area contributed by atoms with E-state index in [-0.39, 0.29) is 5.91 Å². The summed E-state index contributed by atoms with van der Waals surface area (Å²) in [7, 11) is -1.09. The summed E-state index contributed by atoms with van der Waals surface area (Å²) in [5.74, 6) is -0.311. The van der Waals surface area contributed by atoms with E-state index < -0.39 is 7.05 Å². The average Bonchev–Trinajstić information content (AvgIpc) is 2.99. The molecule has 0 saturated heterocycles. The van der Waals surface area contributed by atoms with Gasteiger partial charge in [0.1, 0.15) is 0 Å². The lowest BCUT2D eigenvalue weighted by molar-refractivity contribution is -0.125. The van der Waals surface area contributed by atoms with Gasteiger partial charge in [-0.25, -0.2) is 9.60 Å². The van der Waals surface area contributed by atoms with Gasteiger partial charge in [0.2, 0.25) is 5.91 Å². The van der Waals surface area contributed by atoms with Gasteiger partial charge in [-0.15, -0.1) is 0 Å². The third-order valence-electron chi connectivity index (χ3n) is 3.95. The van der Waals surface area contributed by atoms with Crippen LogP contribution < -0.4 is 5.46 Å². The van der Waals surface area contributed by atoms with Crippen molar-refractivity contribution in [1.29, 1.82) is 0 Å². The smallest absolute Gasteiger partial charge is 0.427 e. The fraction of sp³-hybridized carbons (Fsp3) is 0.0625. The molecule has 7 heteroatoms. The second kappa shape index (κ2) is 5.07. The molecule has 1 aliphatic rings. The van der Waals surface area contributed by atoms with Crippen LogP contribution in [0.3, 0.4) is 0 Å². The van der Waals surface area contributed by atoms with Gasteiger partial charge in [0, 0.05) is 12.3 Å². The van der Waals surface area contributed by atoms with E-state index in [1.165, 1.54) is 6.92 Å². The summed E-state index contributed by atoms with van der Waals surface area (Å²) in [4.78, 5) is 12.6. The molecule has 2 heterocycles. The Morgan fingerprint density at radius 3 is 2.87 bits per heavy atom. The number of carbonyl (C=O) groups is 1. The molecular weight excluding hydrogens is 291 g/mol. The van der Waals surface area contributed by atoms with Crippen LogP contribution in [0, 0.1) is 0 Å². The van der Waals surface area contributed by atoms with E-state index in [0.717, 1.165) is 27.1 Å². The summed E-state index contributed by atoms with van der Waals surface area (Å²) < 4.78 is 1.81. The predicted octanol–water partition coefficient (Wildman–Crippen LogP) is 0.909. The van der Waals surface area contributed by atoms with Crippen LogP contribution >= 0.6 is 0 Å². The second-order valence-electron chi connectivity index (χ2n) is 5.41. The molecule has 1 aromatic heterocycles. The molecule has 1 amide bonds. The predicted molar refractivity (Wildman–Crippen MR) is 88.8 cm³/mol. The maximum absolute atomic E-state index is 11.5. The molecule has 1 aliphatic heterocycles. The molecule has 0 saturated carbocycles. The van der Waals surface area contributed by atoms with Crippen LogP contribution in [0.2, 0.25) is 0 Å². The minimum absolute atomic E-state index is 0.311. The molecule has 2 aromatic carbocycles. The van der Waals surface area contributed by atoms with Crippen molar-refractivity contribution in [3.8, 4) is 5.69 Å². The number of rotatable bonds is 1. The summed E-state index contributed by atoms with van der Waals surface area (Å²) in [6, 6.07) is 13.5. The van der Waals surface area contributed by atoms with Gasteiger partial charge in [0.15, 0.2) is 0 Å². The van der Waals surface area contributed by atoms with Crippen LogP contribution in [-0.4, -0.2) is 38.9 Å². The molecule has 0 atom stereocenters. The Kier molecular flexibility index (Phi) is 3.02. The number of hydrazone groups is 1. The van der Waals surface area contributed by atoms with Gasteiger partial charge < -0.3 is 5.02 Å². The highest BCUT2D eigenvalue weighted by molar-refractivity contribution is 6.67. The van der Waals surface area contributed by atoms with Crippen LogP contribution in [0.15, 0.2) is 53.8 Å². The molecule has 0 bridgehead atoms. The van der Waals surface area contributed by atoms with Crippen LogP contribution in [0.4, 0.5) is 0 Å². The molecule has 3 aromatic rings. The largest absolute Gasteiger partial charge is 0.474 e. The van der Waals surface area contributed by atoms with Gasteiger partial charge in [-0.3, -0.25) is 4.79 Å². The molecule has 0 fully saturated rings. The monoisotopic (exact) mass is 304 g/mol. The molecule has 112 valence electrons. The molecule has 4 rings (SSSR count). The minimum Gasteiger partial charge on any atom is -0.427 e. The van der Waals surface area contributed by atoms with Crippen molar-refractivity contribution in [1.82, 2.24) is 14.7 Å². The van der Waals surface area contributed by atoms with E-state index >= 15 is 0 Å². The van der Waals surface area contributed by atoms with E-state index in [0.29, 0.717) is 5.46 Å². The normalized spacial score (nSPS) is 13.5. The van der Waals surface area contributed by atoms with E-state index in [2.05, 4.69) is 10.2 Å². The summed E-state index contributed by atoms with van der Waals surface area (Å²) in [5.41, 5.74) is 3.22. The van der Waals surface area contributed by atoms with Crippen molar-refractivity contribution in [2.75, 3.05) is 0 Å². The van der Waals surface area contributed by atoms with Gasteiger partial charge in [-0.05, 0) is 29.2 Å². The molecule has 0 radical (unpaired) electrons. The molecule has 23 heavy (non-hydrogen) atoms. The van der Waals surface area contributed by atoms with Crippen LogP contribution in [-0.2, 0) is 4.79 Å². The molecule has 6 nitrogen and oxygen atoms in total. The van der Waals surface area contributed by atoms with Crippen molar-refractivity contribution in [3.05, 3.63) is 54.2 Å². The van der Waals surface area contributed by atoms with Crippen LogP contribution in [0.25, 0.3) is 16.6 Å². The number of para-hydroxylation sites is 1. The van der Waals surface area contributed by atoms with Crippen molar-refractivity contribution < 1.29 is 9.82 Å². The number of fused-ring (bicyclic) bond motifs is 2. The van der Waals surface area contributed by atoms with Gasteiger partial charge in [-0.1, -0.05) is 24.3 Å². The highest BCUT2D eigenvalue weighted by Crippen LogP contribution is 2.18. The third kappa shape index (κ3) is 2.13. The topological polar surface area (TPSA) is 70.7 Å². The van der Waals surface area contributed by atoms with Gasteiger partial charge >= 0.3 is 7.05 Å². The first-order chi connectivity index (χ1) is 11.1. The van der Waals surface area contributed by atoms with Gasteiger partial charge in [-0.2, -0.15) is 10.2 Å². The standard InChI is InChI=1S/C16H13BN4O2/c1-11(22)21-17(23)15-8-14(7-6-12(15)9-19-21)20-16-5-3-2-4-13(16)10-18-20/h2-10,23H,1H3. The molecule has 0 aliphatic carbocycles. The van der Waals surface area contributed by atoms with E-state index in [1.807, 2.05) is 47.1 Å². The minimum atomic E-state index is -1.09. The van der Waals surface area contributed by atoms with Gasteiger partial charge in [0.05, 0.1) is 23.6 Å². The lowest BCUT2D eigenvalue weighted by atomic mass is 9.69. The van der Waals surface area contributed by atoms with Crippen molar-refractivity contribution in [2.24, 2.45) is 5.10 Å². The number of carbonyl (C=O) groups excluding carboxylic acids is 1. The maximum atomic E-state index is 11.5. The zero-order valence-corrected chi connectivity index (χ0v) is 12.4. The second-order valence-corrected chi connectivity index (χ2v) is 5.41. The summed E-state index contributed by atoms with van der Waals surface area (Å²) in [6.07, 6.45) is 3.38. The first-order valence-electron chi connectivity index (χ1n) is 7.24. The highest BCUT2D eigenvalue weighted by Gasteiger charge is 2.32. The quantitative estimate of drug-likeness (QED) is 0.679.